The van der Waals surface area contributed by atoms with Gasteiger partial charge in [0, 0.05) is 13.2 Å². The molecule has 12 heavy (non-hydrogen) atoms. The van der Waals surface area contributed by atoms with Crippen molar-refractivity contribution in [3.8, 4) is 0 Å². The average Bonchev–Trinajstić information content (AvgIpc) is 2.15. The summed E-state index contributed by atoms with van der Waals surface area (Å²) in [7, 11) is 1.54. The van der Waals surface area contributed by atoms with E-state index in [-0.39, 0.29) is 6.03 Å². The highest BCUT2D eigenvalue weighted by Gasteiger charge is 2.24. The van der Waals surface area contributed by atoms with Gasteiger partial charge < -0.3 is 16.0 Å². The molecule has 0 saturated carbocycles. The molecule has 5 nitrogen and oxygen atoms in total. The number of primary amides is 1. The predicted octanol–water partition coefficient (Wildman–Crippen LogP) is -0.601. The Labute approximate surface area is 70.2 Å². The summed E-state index contributed by atoms with van der Waals surface area (Å²) >= 11 is 0. The van der Waals surface area contributed by atoms with Gasteiger partial charge in [-0.3, -0.25) is 4.79 Å². The standard InChI is InChI=1S/C7H11N3O2/c1-10-5(6(8)11)3-2-4-9-7(10)12/h2,4-5H,3H2,1H3,(H2,8,11)(H,9,12)/t5-/m0/s1. The molecule has 1 aliphatic rings. The summed E-state index contributed by atoms with van der Waals surface area (Å²) in [5.41, 5.74) is 5.09. The highest BCUT2D eigenvalue weighted by atomic mass is 16.2. The molecule has 0 saturated heterocycles. The van der Waals surface area contributed by atoms with Crippen LogP contribution in [-0.2, 0) is 4.79 Å². The molecule has 1 rings (SSSR count). The molecule has 1 atom stereocenters. The number of hydrogen-bond acceptors (Lipinski definition) is 2. The maximum Gasteiger partial charge on any atom is 0.321 e. The lowest BCUT2D eigenvalue weighted by atomic mass is 10.2. The lowest BCUT2D eigenvalue weighted by molar-refractivity contribution is -0.121. The Bertz CT molecular complexity index is 237. The number of hydrogen-bond donors (Lipinski definition) is 2. The first-order chi connectivity index (χ1) is 5.63. The monoisotopic (exact) mass is 169 g/mol. The number of nitrogens with one attached hydrogen (secondary N) is 1. The van der Waals surface area contributed by atoms with Gasteiger partial charge in [-0.25, -0.2) is 4.79 Å². The lowest BCUT2D eigenvalue weighted by Crippen LogP contribution is -2.47. The molecule has 0 aromatic carbocycles. The second-order valence-electron chi connectivity index (χ2n) is 2.62. The molecule has 1 heterocycles. The van der Waals surface area contributed by atoms with Crippen LogP contribution in [0.3, 0.4) is 0 Å². The predicted molar refractivity (Wildman–Crippen MR) is 43.0 cm³/mol. The summed E-state index contributed by atoms with van der Waals surface area (Å²) in [4.78, 5) is 23.2. The van der Waals surface area contributed by atoms with E-state index in [2.05, 4.69) is 5.32 Å². The topological polar surface area (TPSA) is 75.4 Å². The van der Waals surface area contributed by atoms with Gasteiger partial charge in [0.25, 0.3) is 0 Å². The van der Waals surface area contributed by atoms with E-state index < -0.39 is 11.9 Å². The summed E-state index contributed by atoms with van der Waals surface area (Å²) in [6.45, 7) is 0. The molecule has 0 aliphatic carbocycles. The second kappa shape index (κ2) is 3.25. The first-order valence-corrected chi connectivity index (χ1v) is 3.60. The minimum absolute atomic E-state index is 0.312. The minimum Gasteiger partial charge on any atom is -0.368 e. The van der Waals surface area contributed by atoms with Crippen molar-refractivity contribution in [1.29, 1.82) is 0 Å². The van der Waals surface area contributed by atoms with E-state index in [9.17, 15) is 9.59 Å². The van der Waals surface area contributed by atoms with E-state index in [1.165, 1.54) is 18.1 Å². The number of carbonyl (C=O) groups excluding carboxylic acids is 2. The van der Waals surface area contributed by atoms with E-state index in [1.54, 1.807) is 6.08 Å². The fourth-order valence-electron chi connectivity index (χ4n) is 1.04. The molecule has 1 aliphatic heterocycles. The van der Waals surface area contributed by atoms with Gasteiger partial charge in [0.1, 0.15) is 6.04 Å². The molecule has 5 heteroatoms. The van der Waals surface area contributed by atoms with Crippen LogP contribution in [0.15, 0.2) is 12.3 Å². The van der Waals surface area contributed by atoms with Crippen molar-refractivity contribution < 1.29 is 9.59 Å². The van der Waals surface area contributed by atoms with Crippen LogP contribution in [0.2, 0.25) is 0 Å². The summed E-state index contributed by atoms with van der Waals surface area (Å²) in [5.74, 6) is -0.487. The number of rotatable bonds is 1. The van der Waals surface area contributed by atoms with E-state index >= 15 is 0 Å². The van der Waals surface area contributed by atoms with Crippen molar-refractivity contribution in [3.05, 3.63) is 12.3 Å². The van der Waals surface area contributed by atoms with Crippen molar-refractivity contribution in [2.45, 2.75) is 12.5 Å². The molecule has 0 aromatic heterocycles. The number of carbonyl (C=O) groups is 2. The fraction of sp³-hybridized carbons (Fsp3) is 0.429. The highest BCUT2D eigenvalue weighted by molar-refractivity contribution is 5.86. The van der Waals surface area contributed by atoms with E-state index in [4.69, 9.17) is 5.73 Å². The van der Waals surface area contributed by atoms with Crippen molar-refractivity contribution >= 4 is 11.9 Å². The molecule has 3 amide bonds. The Morgan fingerprint density at radius 3 is 3.08 bits per heavy atom. The van der Waals surface area contributed by atoms with Gasteiger partial charge in [-0.05, 0) is 6.42 Å². The second-order valence-corrected chi connectivity index (χ2v) is 2.62. The molecular formula is C7H11N3O2. The molecule has 0 fully saturated rings. The van der Waals surface area contributed by atoms with Crippen molar-refractivity contribution in [3.63, 3.8) is 0 Å². The Hall–Kier alpha value is -1.52. The SMILES string of the molecule is CN1C(=O)NC=CC[C@H]1C(N)=O. The van der Waals surface area contributed by atoms with Crippen molar-refractivity contribution in [2.75, 3.05) is 7.05 Å². The Morgan fingerprint density at radius 2 is 2.50 bits per heavy atom. The third-order valence-electron chi connectivity index (χ3n) is 1.80. The largest absolute Gasteiger partial charge is 0.368 e. The maximum absolute atomic E-state index is 11.1. The Balaban J connectivity index is 2.78. The maximum atomic E-state index is 11.1. The van der Waals surface area contributed by atoms with Crippen LogP contribution in [0.5, 0.6) is 0 Å². The first kappa shape index (κ1) is 8.58. The van der Waals surface area contributed by atoms with Crippen molar-refractivity contribution in [1.82, 2.24) is 10.2 Å². The van der Waals surface area contributed by atoms with E-state index in [0.717, 1.165) is 0 Å². The van der Waals surface area contributed by atoms with Gasteiger partial charge in [0.2, 0.25) is 5.91 Å². The zero-order chi connectivity index (χ0) is 9.14. The summed E-state index contributed by atoms with van der Waals surface area (Å²) < 4.78 is 0. The Kier molecular flexibility index (Phi) is 2.32. The quantitative estimate of drug-likeness (QED) is 0.550. The third kappa shape index (κ3) is 1.55. The van der Waals surface area contributed by atoms with Crippen LogP contribution in [0, 0.1) is 0 Å². The van der Waals surface area contributed by atoms with Crippen LogP contribution < -0.4 is 11.1 Å². The van der Waals surface area contributed by atoms with Gasteiger partial charge >= 0.3 is 6.03 Å². The third-order valence-corrected chi connectivity index (χ3v) is 1.80. The zero-order valence-corrected chi connectivity index (χ0v) is 6.78. The zero-order valence-electron chi connectivity index (χ0n) is 6.78. The van der Waals surface area contributed by atoms with Gasteiger partial charge in [-0.15, -0.1) is 0 Å². The van der Waals surface area contributed by atoms with E-state index in [1.807, 2.05) is 0 Å². The van der Waals surface area contributed by atoms with Crippen LogP contribution in [-0.4, -0.2) is 29.9 Å². The smallest absolute Gasteiger partial charge is 0.321 e. The molecular weight excluding hydrogens is 158 g/mol. The molecule has 0 unspecified atom stereocenters. The summed E-state index contributed by atoms with van der Waals surface area (Å²) in [6.07, 6.45) is 3.68. The number of likely N-dealkylation sites (N-methyl/N-ethyl adjacent to an activating group) is 1. The molecule has 3 N–H and O–H groups in total. The number of amides is 3. The van der Waals surface area contributed by atoms with Gasteiger partial charge in [-0.1, -0.05) is 6.08 Å². The number of urea groups is 1. The summed E-state index contributed by atoms with van der Waals surface area (Å²) in [5, 5.41) is 2.48. The highest BCUT2D eigenvalue weighted by Crippen LogP contribution is 2.05. The molecule has 66 valence electrons. The van der Waals surface area contributed by atoms with Crippen LogP contribution in [0.25, 0.3) is 0 Å². The van der Waals surface area contributed by atoms with Gasteiger partial charge in [0.15, 0.2) is 0 Å². The molecule has 0 spiro atoms. The molecule has 0 bridgehead atoms. The average molecular weight is 169 g/mol. The number of nitrogens with two attached hydrogens (primary N) is 1. The van der Waals surface area contributed by atoms with Crippen LogP contribution in [0.4, 0.5) is 4.79 Å². The Morgan fingerprint density at radius 1 is 1.83 bits per heavy atom. The normalized spacial score (nSPS) is 23.2. The summed E-state index contributed by atoms with van der Waals surface area (Å²) in [6, 6.07) is -0.851. The van der Waals surface area contributed by atoms with Gasteiger partial charge in [-0.2, -0.15) is 0 Å². The lowest BCUT2D eigenvalue weighted by Gasteiger charge is -2.21. The number of nitrogens with zero attached hydrogens (tertiary/aromatic N) is 1. The van der Waals surface area contributed by atoms with E-state index in [0.29, 0.717) is 6.42 Å². The van der Waals surface area contributed by atoms with Gasteiger partial charge in [0.05, 0.1) is 0 Å². The first-order valence-electron chi connectivity index (χ1n) is 3.60. The minimum atomic E-state index is -0.538. The fourth-order valence-corrected chi connectivity index (χ4v) is 1.04. The molecule has 0 radical (unpaired) electrons. The van der Waals surface area contributed by atoms with Crippen molar-refractivity contribution in [2.24, 2.45) is 5.73 Å². The molecule has 0 aromatic rings. The van der Waals surface area contributed by atoms with Crippen LogP contribution >= 0.6 is 0 Å². The van der Waals surface area contributed by atoms with Crippen LogP contribution in [0.1, 0.15) is 6.42 Å².